The van der Waals surface area contributed by atoms with Crippen molar-refractivity contribution in [1.29, 1.82) is 0 Å². The van der Waals surface area contributed by atoms with E-state index in [2.05, 4.69) is 25.9 Å². The molecule has 0 saturated heterocycles. The Hall–Kier alpha value is -4.49. The number of fused-ring (bicyclic) bond motifs is 1. The summed E-state index contributed by atoms with van der Waals surface area (Å²) in [5, 5.41) is 25.7. The molecule has 180 valence electrons. The molecule has 3 amide bonds. The van der Waals surface area contributed by atoms with Crippen molar-refractivity contribution in [3.63, 3.8) is 0 Å². The minimum atomic E-state index is -1.33. The fourth-order valence-corrected chi connectivity index (χ4v) is 3.48. The van der Waals surface area contributed by atoms with Crippen molar-refractivity contribution >= 4 is 47.6 Å². The normalized spacial score (nSPS) is 20.1. The first kappa shape index (κ1) is 24.2. The molecule has 14 heteroatoms. The van der Waals surface area contributed by atoms with Crippen LogP contribution in [0.4, 0.5) is 5.69 Å². The Morgan fingerprint density at radius 2 is 1.97 bits per heavy atom. The summed E-state index contributed by atoms with van der Waals surface area (Å²) in [6.45, 7) is 0.454. The Bertz CT molecular complexity index is 1050. The van der Waals surface area contributed by atoms with E-state index in [4.69, 9.17) is 15.9 Å². The number of nitrogens with zero attached hydrogens (tertiary/aromatic N) is 3. The zero-order valence-electron chi connectivity index (χ0n) is 17.8. The monoisotopic (exact) mass is 473 g/mol. The number of amidine groups is 1. The number of carbonyl (C=O) groups is 5. The number of anilines is 1. The highest BCUT2D eigenvalue weighted by molar-refractivity contribution is 6.20. The summed E-state index contributed by atoms with van der Waals surface area (Å²) < 4.78 is 0. The molecule has 2 aliphatic heterocycles. The molecule has 14 nitrogen and oxygen atoms in total. The number of amides is 3. The fraction of sp³-hybridized carbons (Fsp3) is 0.350. The lowest BCUT2D eigenvalue weighted by atomic mass is 10.1. The minimum absolute atomic E-state index is 0.0805. The van der Waals surface area contributed by atoms with Gasteiger partial charge in [0.2, 0.25) is 12.4 Å². The maximum atomic E-state index is 12.3. The van der Waals surface area contributed by atoms with Gasteiger partial charge in [-0.25, -0.2) is 4.79 Å². The van der Waals surface area contributed by atoms with Gasteiger partial charge in [0.15, 0.2) is 11.9 Å². The highest BCUT2D eigenvalue weighted by Gasteiger charge is 2.40. The number of aliphatic imine (C=N–C) groups is 2. The third-order valence-electron chi connectivity index (χ3n) is 5.22. The van der Waals surface area contributed by atoms with Gasteiger partial charge in [0.1, 0.15) is 6.04 Å². The molecular weight excluding hydrogens is 450 g/mol. The van der Waals surface area contributed by atoms with Crippen molar-refractivity contribution in [2.24, 2.45) is 15.7 Å². The SMILES string of the molecule is NC1=NC2=NC[C@@H](CNc3ccc(C(=O)N[C@@H](CCC(=O)O)C(=O)O)cc3)N(C=O)C2C(=O)N1. The lowest BCUT2D eigenvalue weighted by Crippen LogP contribution is -2.63. The molecular formula is C20H23N7O7. The number of guanidine groups is 1. The van der Waals surface area contributed by atoms with Gasteiger partial charge in [-0.1, -0.05) is 0 Å². The lowest BCUT2D eigenvalue weighted by Gasteiger charge is -2.38. The van der Waals surface area contributed by atoms with Gasteiger partial charge in [-0.3, -0.25) is 29.5 Å². The topological polar surface area (TPSA) is 216 Å². The number of nitrogens with two attached hydrogens (primary N) is 1. The Morgan fingerprint density at radius 1 is 1.26 bits per heavy atom. The summed E-state index contributed by atoms with van der Waals surface area (Å²) in [5.41, 5.74) is 6.32. The molecule has 0 saturated carbocycles. The van der Waals surface area contributed by atoms with Crippen LogP contribution in [0.5, 0.6) is 0 Å². The van der Waals surface area contributed by atoms with E-state index in [0.717, 1.165) is 0 Å². The summed E-state index contributed by atoms with van der Waals surface area (Å²) in [5.74, 6) is -3.56. The lowest BCUT2D eigenvalue weighted by molar-refractivity contribution is -0.140. The molecule has 0 aliphatic carbocycles. The van der Waals surface area contributed by atoms with E-state index in [1.165, 1.54) is 17.0 Å². The Balaban J connectivity index is 1.60. The van der Waals surface area contributed by atoms with Gasteiger partial charge in [-0.2, -0.15) is 4.99 Å². The van der Waals surface area contributed by atoms with Crippen LogP contribution in [0.1, 0.15) is 23.2 Å². The van der Waals surface area contributed by atoms with E-state index in [1.807, 2.05) is 0 Å². The van der Waals surface area contributed by atoms with Gasteiger partial charge < -0.3 is 31.5 Å². The molecule has 2 aliphatic rings. The molecule has 1 aromatic carbocycles. The van der Waals surface area contributed by atoms with Crippen LogP contribution in [0.3, 0.4) is 0 Å². The predicted octanol–water partition coefficient (Wildman–Crippen LogP) is -1.80. The smallest absolute Gasteiger partial charge is 0.326 e. The number of hydrogen-bond donors (Lipinski definition) is 6. The number of carboxylic acid groups (broad SMARTS) is 2. The van der Waals surface area contributed by atoms with Crippen LogP contribution in [0.2, 0.25) is 0 Å². The second-order valence-electron chi connectivity index (χ2n) is 7.55. The van der Waals surface area contributed by atoms with Crippen LogP contribution in [0, 0.1) is 0 Å². The third-order valence-corrected chi connectivity index (χ3v) is 5.22. The first-order valence-electron chi connectivity index (χ1n) is 10.2. The van der Waals surface area contributed by atoms with Crippen LogP contribution in [0.15, 0.2) is 34.3 Å². The molecule has 7 N–H and O–H groups in total. The predicted molar refractivity (Wildman–Crippen MR) is 118 cm³/mol. The molecule has 2 heterocycles. The summed E-state index contributed by atoms with van der Waals surface area (Å²) in [7, 11) is 0. The number of nitrogens with one attached hydrogen (secondary N) is 3. The van der Waals surface area contributed by atoms with Crippen LogP contribution < -0.4 is 21.7 Å². The van der Waals surface area contributed by atoms with Gasteiger partial charge in [-0.05, 0) is 30.7 Å². The standard InChI is InChI=1S/C20H23N7O7/c21-20-25-16-15(18(32)26-20)27(9-28)12(8-23-16)7-22-11-3-1-10(2-4-11)17(31)24-13(19(33)34)5-6-14(29)30/h1-4,9,12-13,15,22H,5-8H2,(H,24,31)(H,29,30)(H,33,34)(H3,21,23,25,26,32)/t12-,13+,15?/m1/s1. The molecule has 0 radical (unpaired) electrons. The molecule has 3 rings (SSSR count). The second-order valence-corrected chi connectivity index (χ2v) is 7.55. The average molecular weight is 473 g/mol. The van der Waals surface area contributed by atoms with Crippen LogP contribution in [0.25, 0.3) is 0 Å². The first-order valence-corrected chi connectivity index (χ1v) is 10.2. The van der Waals surface area contributed by atoms with Crippen molar-refractivity contribution in [2.75, 3.05) is 18.4 Å². The van der Waals surface area contributed by atoms with Crippen LogP contribution in [-0.2, 0) is 19.2 Å². The molecule has 1 aromatic rings. The minimum Gasteiger partial charge on any atom is -0.481 e. The molecule has 0 fully saturated rings. The summed E-state index contributed by atoms with van der Waals surface area (Å²) >= 11 is 0. The van der Waals surface area contributed by atoms with E-state index in [9.17, 15) is 24.0 Å². The molecule has 3 atom stereocenters. The summed E-state index contributed by atoms with van der Waals surface area (Å²) in [4.78, 5) is 67.7. The first-order chi connectivity index (χ1) is 16.2. The highest BCUT2D eigenvalue weighted by atomic mass is 16.4. The fourth-order valence-electron chi connectivity index (χ4n) is 3.48. The number of benzene rings is 1. The number of carbonyl (C=O) groups excluding carboxylic acids is 3. The van der Waals surface area contributed by atoms with E-state index < -0.39 is 48.3 Å². The van der Waals surface area contributed by atoms with Gasteiger partial charge in [-0.15, -0.1) is 0 Å². The van der Waals surface area contributed by atoms with Crippen molar-refractivity contribution in [3.05, 3.63) is 29.8 Å². The van der Waals surface area contributed by atoms with Crippen LogP contribution in [-0.4, -0.2) is 88.3 Å². The maximum Gasteiger partial charge on any atom is 0.326 e. The van der Waals surface area contributed by atoms with E-state index in [0.29, 0.717) is 12.1 Å². The summed E-state index contributed by atoms with van der Waals surface area (Å²) in [6.07, 6.45) is -0.0857. The average Bonchev–Trinajstić information content (AvgIpc) is 2.79. The molecule has 1 unspecified atom stereocenters. The zero-order valence-corrected chi connectivity index (χ0v) is 17.8. The zero-order chi connectivity index (χ0) is 24.8. The summed E-state index contributed by atoms with van der Waals surface area (Å²) in [6, 6.07) is 3.36. The number of aliphatic carboxylic acids is 2. The van der Waals surface area contributed by atoms with E-state index >= 15 is 0 Å². The number of hydrogen-bond acceptors (Lipinski definition) is 9. The van der Waals surface area contributed by atoms with Gasteiger partial charge in [0.25, 0.3) is 11.8 Å². The molecule has 0 spiro atoms. The molecule has 0 aromatic heterocycles. The highest BCUT2D eigenvalue weighted by Crippen LogP contribution is 2.17. The Morgan fingerprint density at radius 3 is 2.59 bits per heavy atom. The number of rotatable bonds is 10. The largest absolute Gasteiger partial charge is 0.481 e. The maximum absolute atomic E-state index is 12.3. The van der Waals surface area contributed by atoms with Crippen molar-refractivity contribution in [2.45, 2.75) is 31.0 Å². The van der Waals surface area contributed by atoms with E-state index in [1.54, 1.807) is 12.1 Å². The second kappa shape index (κ2) is 10.4. The van der Waals surface area contributed by atoms with Gasteiger partial charge in [0, 0.05) is 24.2 Å². The van der Waals surface area contributed by atoms with Crippen molar-refractivity contribution in [3.8, 4) is 0 Å². The quantitative estimate of drug-likeness (QED) is 0.211. The van der Waals surface area contributed by atoms with E-state index in [-0.39, 0.29) is 36.9 Å². The Kier molecular flexibility index (Phi) is 7.40. The Labute approximate surface area is 192 Å². The van der Waals surface area contributed by atoms with Crippen molar-refractivity contribution in [1.82, 2.24) is 15.5 Å². The number of carboxylic acids is 2. The van der Waals surface area contributed by atoms with Gasteiger partial charge >= 0.3 is 11.9 Å². The van der Waals surface area contributed by atoms with Crippen molar-refractivity contribution < 1.29 is 34.2 Å². The van der Waals surface area contributed by atoms with Gasteiger partial charge in [0.05, 0.1) is 12.6 Å². The molecule has 34 heavy (non-hydrogen) atoms. The van der Waals surface area contributed by atoms with Crippen LogP contribution >= 0.6 is 0 Å². The molecule has 0 bridgehead atoms. The third kappa shape index (κ3) is 5.65.